The van der Waals surface area contributed by atoms with E-state index in [0.717, 1.165) is 12.8 Å². The molecule has 0 spiro atoms. The minimum atomic E-state index is -0.496. The van der Waals surface area contributed by atoms with Crippen LogP contribution in [0.3, 0.4) is 0 Å². The van der Waals surface area contributed by atoms with E-state index >= 15 is 0 Å². The fourth-order valence-electron chi connectivity index (χ4n) is 1.97. The van der Waals surface area contributed by atoms with Gasteiger partial charge in [0.25, 0.3) is 0 Å². The Morgan fingerprint density at radius 2 is 1.88 bits per heavy atom. The standard InChI is InChI=1S/C12H21NO4/c1-12(2,3)17-11(15)13-9-6-5-8(7-9)10(14)16-4/h8-9H,5-7H2,1-4H3,(H,13,15)/t8-,9?/m0/s1. The molecule has 0 bridgehead atoms. The van der Waals surface area contributed by atoms with Gasteiger partial charge in [-0.15, -0.1) is 0 Å². The van der Waals surface area contributed by atoms with E-state index in [9.17, 15) is 9.59 Å². The van der Waals surface area contributed by atoms with E-state index in [-0.39, 0.29) is 17.9 Å². The van der Waals surface area contributed by atoms with E-state index in [1.165, 1.54) is 7.11 Å². The van der Waals surface area contributed by atoms with Crippen LogP contribution < -0.4 is 5.32 Å². The SMILES string of the molecule is COC(=O)[C@H]1CCC(NC(=O)OC(C)(C)C)C1. The number of hydrogen-bond donors (Lipinski definition) is 1. The summed E-state index contributed by atoms with van der Waals surface area (Å²) in [6.45, 7) is 5.45. The molecule has 0 aromatic carbocycles. The summed E-state index contributed by atoms with van der Waals surface area (Å²) in [5.74, 6) is -0.293. The first-order valence-electron chi connectivity index (χ1n) is 5.89. The molecule has 1 amide bonds. The van der Waals surface area contributed by atoms with Crippen LogP contribution in [-0.2, 0) is 14.3 Å². The molecule has 0 heterocycles. The van der Waals surface area contributed by atoms with Gasteiger partial charge in [-0.05, 0) is 40.0 Å². The highest BCUT2D eigenvalue weighted by molar-refractivity contribution is 5.73. The Morgan fingerprint density at radius 1 is 1.24 bits per heavy atom. The second-order valence-corrected chi connectivity index (χ2v) is 5.38. The number of rotatable bonds is 2. The second-order valence-electron chi connectivity index (χ2n) is 5.38. The quantitative estimate of drug-likeness (QED) is 0.752. The number of hydrogen-bond acceptors (Lipinski definition) is 4. The molecule has 1 unspecified atom stereocenters. The average Bonchev–Trinajstić information content (AvgIpc) is 2.62. The van der Waals surface area contributed by atoms with Gasteiger partial charge in [0.2, 0.25) is 0 Å². The molecule has 0 radical (unpaired) electrons. The Morgan fingerprint density at radius 3 is 2.41 bits per heavy atom. The van der Waals surface area contributed by atoms with Crippen LogP contribution in [0.25, 0.3) is 0 Å². The van der Waals surface area contributed by atoms with Gasteiger partial charge in [-0.1, -0.05) is 0 Å². The van der Waals surface area contributed by atoms with Gasteiger partial charge >= 0.3 is 12.1 Å². The Hall–Kier alpha value is -1.26. The zero-order valence-corrected chi connectivity index (χ0v) is 10.9. The molecule has 2 atom stereocenters. The molecule has 1 aliphatic rings. The first-order chi connectivity index (χ1) is 7.81. The van der Waals surface area contributed by atoms with Crippen LogP contribution in [0.5, 0.6) is 0 Å². The third kappa shape index (κ3) is 4.63. The topological polar surface area (TPSA) is 64.6 Å². The minimum absolute atomic E-state index is 0.00829. The maximum absolute atomic E-state index is 11.5. The van der Waals surface area contributed by atoms with E-state index in [1.54, 1.807) is 0 Å². The normalized spacial score (nSPS) is 24.2. The van der Waals surface area contributed by atoms with Crippen molar-refractivity contribution in [3.05, 3.63) is 0 Å². The van der Waals surface area contributed by atoms with Gasteiger partial charge in [0.05, 0.1) is 13.0 Å². The van der Waals surface area contributed by atoms with Crippen LogP contribution in [0.15, 0.2) is 0 Å². The molecular formula is C12H21NO4. The molecule has 98 valence electrons. The van der Waals surface area contributed by atoms with Crippen molar-refractivity contribution in [1.29, 1.82) is 0 Å². The third-order valence-corrected chi connectivity index (χ3v) is 2.69. The van der Waals surface area contributed by atoms with Crippen molar-refractivity contribution in [3.8, 4) is 0 Å². The highest BCUT2D eigenvalue weighted by atomic mass is 16.6. The predicted octanol–water partition coefficient (Wildman–Crippen LogP) is 1.85. The van der Waals surface area contributed by atoms with Crippen molar-refractivity contribution < 1.29 is 19.1 Å². The predicted molar refractivity (Wildman–Crippen MR) is 62.5 cm³/mol. The molecular weight excluding hydrogens is 222 g/mol. The smallest absolute Gasteiger partial charge is 0.407 e. The number of carbonyl (C=O) groups is 2. The Balaban J connectivity index is 2.35. The molecule has 1 fully saturated rings. The maximum Gasteiger partial charge on any atom is 0.407 e. The van der Waals surface area contributed by atoms with Crippen LogP contribution in [-0.4, -0.2) is 30.8 Å². The van der Waals surface area contributed by atoms with Crippen molar-refractivity contribution in [2.75, 3.05) is 7.11 Å². The summed E-state index contributed by atoms with van der Waals surface area (Å²) in [5, 5.41) is 2.78. The lowest BCUT2D eigenvalue weighted by molar-refractivity contribution is -0.145. The molecule has 0 aromatic heterocycles. The summed E-state index contributed by atoms with van der Waals surface area (Å²) in [4.78, 5) is 22.8. The number of alkyl carbamates (subject to hydrolysis) is 1. The Kier molecular flexibility index (Phi) is 4.37. The maximum atomic E-state index is 11.5. The van der Waals surface area contributed by atoms with Gasteiger partial charge in [0.15, 0.2) is 0 Å². The van der Waals surface area contributed by atoms with Crippen molar-refractivity contribution in [1.82, 2.24) is 5.32 Å². The van der Waals surface area contributed by atoms with E-state index < -0.39 is 11.7 Å². The van der Waals surface area contributed by atoms with Crippen LogP contribution >= 0.6 is 0 Å². The molecule has 5 heteroatoms. The van der Waals surface area contributed by atoms with E-state index in [1.807, 2.05) is 20.8 Å². The number of ether oxygens (including phenoxy) is 2. The highest BCUT2D eigenvalue weighted by Crippen LogP contribution is 2.26. The number of amides is 1. The fourth-order valence-corrected chi connectivity index (χ4v) is 1.97. The first-order valence-corrected chi connectivity index (χ1v) is 5.89. The summed E-state index contributed by atoms with van der Waals surface area (Å²) in [6.07, 6.45) is 1.76. The molecule has 1 aliphatic carbocycles. The molecule has 1 N–H and O–H groups in total. The average molecular weight is 243 g/mol. The molecule has 0 saturated heterocycles. The second kappa shape index (κ2) is 5.38. The number of carbonyl (C=O) groups excluding carboxylic acids is 2. The van der Waals surface area contributed by atoms with E-state index in [2.05, 4.69) is 10.1 Å². The first kappa shape index (κ1) is 13.8. The zero-order valence-electron chi connectivity index (χ0n) is 10.9. The molecule has 0 aliphatic heterocycles. The summed E-state index contributed by atoms with van der Waals surface area (Å²) < 4.78 is 9.84. The van der Waals surface area contributed by atoms with Gasteiger partial charge in [-0.25, -0.2) is 4.79 Å². The van der Waals surface area contributed by atoms with Gasteiger partial charge in [0.1, 0.15) is 5.60 Å². The fraction of sp³-hybridized carbons (Fsp3) is 0.833. The van der Waals surface area contributed by atoms with Crippen LogP contribution in [0, 0.1) is 5.92 Å². The van der Waals surface area contributed by atoms with Crippen molar-refractivity contribution in [2.45, 2.75) is 51.7 Å². The Labute approximate surface area is 102 Å². The van der Waals surface area contributed by atoms with Crippen molar-refractivity contribution in [3.63, 3.8) is 0 Å². The Bertz CT molecular complexity index is 295. The van der Waals surface area contributed by atoms with E-state index in [0.29, 0.717) is 6.42 Å². The lowest BCUT2D eigenvalue weighted by Gasteiger charge is -2.21. The largest absolute Gasteiger partial charge is 0.469 e. The number of nitrogens with one attached hydrogen (secondary N) is 1. The van der Waals surface area contributed by atoms with Gasteiger partial charge in [-0.3, -0.25) is 4.79 Å². The zero-order chi connectivity index (χ0) is 13.1. The van der Waals surface area contributed by atoms with Gasteiger partial charge < -0.3 is 14.8 Å². The third-order valence-electron chi connectivity index (χ3n) is 2.69. The van der Waals surface area contributed by atoms with E-state index in [4.69, 9.17) is 4.74 Å². The molecule has 17 heavy (non-hydrogen) atoms. The van der Waals surface area contributed by atoms with Gasteiger partial charge in [0, 0.05) is 6.04 Å². The van der Waals surface area contributed by atoms with Gasteiger partial charge in [-0.2, -0.15) is 0 Å². The summed E-state index contributed by atoms with van der Waals surface area (Å²) in [7, 11) is 1.39. The summed E-state index contributed by atoms with van der Waals surface area (Å²) in [5.41, 5.74) is -0.496. The van der Waals surface area contributed by atoms with Crippen LogP contribution in [0.2, 0.25) is 0 Å². The lowest BCUT2D eigenvalue weighted by atomic mass is 10.1. The number of esters is 1. The number of methoxy groups -OCH3 is 1. The van der Waals surface area contributed by atoms with Crippen molar-refractivity contribution in [2.24, 2.45) is 5.92 Å². The minimum Gasteiger partial charge on any atom is -0.469 e. The molecule has 5 nitrogen and oxygen atoms in total. The van der Waals surface area contributed by atoms with Crippen LogP contribution in [0.4, 0.5) is 4.79 Å². The highest BCUT2D eigenvalue weighted by Gasteiger charge is 2.32. The molecule has 1 saturated carbocycles. The monoisotopic (exact) mass is 243 g/mol. The van der Waals surface area contributed by atoms with Crippen molar-refractivity contribution >= 4 is 12.1 Å². The summed E-state index contributed by atoms with van der Waals surface area (Å²) in [6, 6.07) is 0.00829. The van der Waals surface area contributed by atoms with Crippen LogP contribution in [0.1, 0.15) is 40.0 Å². The lowest BCUT2D eigenvalue weighted by Crippen LogP contribution is -2.38. The molecule has 0 aromatic rings. The summed E-state index contributed by atoms with van der Waals surface area (Å²) >= 11 is 0. The molecule has 1 rings (SSSR count).